The van der Waals surface area contributed by atoms with E-state index in [1.165, 1.54) is 0 Å². The number of ether oxygens (including phenoxy) is 1. The number of hydrogen-bond donors (Lipinski definition) is 1. The fraction of sp³-hybridized carbons (Fsp3) is 1.00. The molecule has 3 nitrogen and oxygen atoms in total. The SMILES string of the molecule is CCCOC1CC(C)(C)NC(C)(C)C1.CO[Si](C)(C)C. The molecule has 0 aromatic heterocycles. The van der Waals surface area contributed by atoms with Crippen molar-refractivity contribution in [1.29, 1.82) is 0 Å². The summed E-state index contributed by atoms with van der Waals surface area (Å²) in [6.45, 7) is 18.6. The van der Waals surface area contributed by atoms with Gasteiger partial charge in [-0.15, -0.1) is 0 Å². The summed E-state index contributed by atoms with van der Waals surface area (Å²) in [4.78, 5) is 0. The Balaban J connectivity index is 0.000000511. The molecular formula is C16H37NO2Si. The van der Waals surface area contributed by atoms with Crippen molar-refractivity contribution in [2.45, 2.75) is 90.7 Å². The molecule has 1 saturated heterocycles. The van der Waals surface area contributed by atoms with Crippen LogP contribution in [0, 0.1) is 0 Å². The lowest BCUT2D eigenvalue weighted by Gasteiger charge is -2.46. The Morgan fingerprint density at radius 3 is 1.75 bits per heavy atom. The number of rotatable bonds is 4. The first-order valence-corrected chi connectivity index (χ1v) is 11.3. The number of piperidine rings is 1. The summed E-state index contributed by atoms with van der Waals surface area (Å²) in [6.07, 6.45) is 3.79. The van der Waals surface area contributed by atoms with Crippen molar-refractivity contribution in [1.82, 2.24) is 5.32 Å². The zero-order valence-corrected chi connectivity index (χ0v) is 16.2. The second kappa shape index (κ2) is 7.92. The van der Waals surface area contributed by atoms with Crippen LogP contribution in [0.15, 0.2) is 0 Å². The zero-order chi connectivity index (χ0) is 16.0. The summed E-state index contributed by atoms with van der Waals surface area (Å²) in [5.74, 6) is 0. The highest BCUT2D eigenvalue weighted by atomic mass is 28.4. The van der Waals surface area contributed by atoms with Crippen LogP contribution in [0.4, 0.5) is 0 Å². The van der Waals surface area contributed by atoms with Crippen LogP contribution < -0.4 is 5.32 Å². The minimum absolute atomic E-state index is 0.208. The molecule has 1 rings (SSSR count). The number of nitrogens with one attached hydrogen (secondary N) is 1. The van der Waals surface area contributed by atoms with E-state index in [0.717, 1.165) is 25.9 Å². The minimum atomic E-state index is -1.13. The summed E-state index contributed by atoms with van der Waals surface area (Å²) in [6, 6.07) is 0. The van der Waals surface area contributed by atoms with Gasteiger partial charge in [0.1, 0.15) is 0 Å². The topological polar surface area (TPSA) is 30.5 Å². The third-order valence-electron chi connectivity index (χ3n) is 3.32. The molecule has 0 bridgehead atoms. The predicted molar refractivity (Wildman–Crippen MR) is 90.9 cm³/mol. The highest BCUT2D eigenvalue weighted by molar-refractivity contribution is 6.69. The van der Waals surface area contributed by atoms with Gasteiger partial charge in [-0.3, -0.25) is 0 Å². The van der Waals surface area contributed by atoms with E-state index in [-0.39, 0.29) is 11.1 Å². The van der Waals surface area contributed by atoms with Gasteiger partial charge < -0.3 is 14.5 Å². The molecule has 4 heteroatoms. The Labute approximate surface area is 127 Å². The van der Waals surface area contributed by atoms with Crippen LogP contribution in [0.3, 0.4) is 0 Å². The van der Waals surface area contributed by atoms with Crippen LogP contribution in [-0.2, 0) is 9.16 Å². The van der Waals surface area contributed by atoms with Crippen LogP contribution in [-0.4, -0.2) is 39.2 Å². The standard InChI is InChI=1S/C12H25NO.C4H12OSi/c1-6-7-14-10-8-11(2,3)13-12(4,5)9-10;1-5-6(2,3)4/h10,13H,6-9H2,1-5H3;1-4H3. The first kappa shape index (κ1) is 20.1. The molecule has 0 atom stereocenters. The van der Waals surface area contributed by atoms with E-state index in [1.54, 1.807) is 7.11 Å². The van der Waals surface area contributed by atoms with E-state index in [4.69, 9.17) is 9.16 Å². The van der Waals surface area contributed by atoms with Gasteiger partial charge in [-0.25, -0.2) is 0 Å². The first-order valence-electron chi connectivity index (χ1n) is 7.87. The molecule has 0 aliphatic carbocycles. The van der Waals surface area contributed by atoms with E-state index in [1.807, 2.05) is 0 Å². The fourth-order valence-electron chi connectivity index (χ4n) is 2.63. The van der Waals surface area contributed by atoms with Crippen LogP contribution in [0.25, 0.3) is 0 Å². The van der Waals surface area contributed by atoms with E-state index < -0.39 is 8.32 Å². The van der Waals surface area contributed by atoms with Gasteiger partial charge in [-0.1, -0.05) is 6.92 Å². The van der Waals surface area contributed by atoms with Gasteiger partial charge >= 0.3 is 0 Å². The van der Waals surface area contributed by atoms with Gasteiger partial charge in [0.15, 0.2) is 8.32 Å². The van der Waals surface area contributed by atoms with Crippen molar-refractivity contribution in [3.05, 3.63) is 0 Å². The summed E-state index contributed by atoms with van der Waals surface area (Å²) in [5.41, 5.74) is 0.417. The minimum Gasteiger partial charge on any atom is -0.421 e. The average molecular weight is 304 g/mol. The fourth-order valence-corrected chi connectivity index (χ4v) is 2.63. The third kappa shape index (κ3) is 9.92. The van der Waals surface area contributed by atoms with Gasteiger partial charge in [0.2, 0.25) is 0 Å². The van der Waals surface area contributed by atoms with Crippen LogP contribution in [0.5, 0.6) is 0 Å². The molecule has 0 aromatic carbocycles. The molecule has 0 unspecified atom stereocenters. The molecule has 0 amide bonds. The van der Waals surface area contributed by atoms with Gasteiger partial charge in [0, 0.05) is 24.8 Å². The molecule has 0 spiro atoms. The first-order chi connectivity index (χ1) is 8.91. The van der Waals surface area contributed by atoms with E-state index in [2.05, 4.69) is 59.6 Å². The lowest BCUT2D eigenvalue weighted by Crippen LogP contribution is -2.59. The molecule has 0 radical (unpaired) electrons. The van der Waals surface area contributed by atoms with Crippen molar-refractivity contribution in [2.75, 3.05) is 13.7 Å². The number of hydrogen-bond acceptors (Lipinski definition) is 3. The largest absolute Gasteiger partial charge is 0.421 e. The molecule has 1 aliphatic rings. The average Bonchev–Trinajstić information content (AvgIpc) is 2.22. The normalized spacial score (nSPS) is 22.1. The highest BCUT2D eigenvalue weighted by Gasteiger charge is 2.37. The smallest absolute Gasteiger partial charge is 0.183 e. The Hall–Kier alpha value is 0.0969. The van der Waals surface area contributed by atoms with Gasteiger partial charge in [-0.2, -0.15) is 0 Å². The van der Waals surface area contributed by atoms with Crippen molar-refractivity contribution in [3.63, 3.8) is 0 Å². The van der Waals surface area contributed by atoms with Crippen LogP contribution >= 0.6 is 0 Å². The quantitative estimate of drug-likeness (QED) is 0.790. The van der Waals surface area contributed by atoms with Crippen molar-refractivity contribution in [3.8, 4) is 0 Å². The second-order valence-electron chi connectivity index (χ2n) is 8.11. The molecule has 20 heavy (non-hydrogen) atoms. The maximum atomic E-state index is 5.86. The van der Waals surface area contributed by atoms with Crippen LogP contribution in [0.2, 0.25) is 19.6 Å². The maximum absolute atomic E-state index is 5.86. The monoisotopic (exact) mass is 303 g/mol. The van der Waals surface area contributed by atoms with Crippen molar-refractivity contribution in [2.24, 2.45) is 0 Å². The van der Waals surface area contributed by atoms with Gasteiger partial charge in [-0.05, 0) is 66.6 Å². The van der Waals surface area contributed by atoms with E-state index >= 15 is 0 Å². The molecule has 122 valence electrons. The molecule has 0 saturated carbocycles. The molecule has 0 aromatic rings. The molecular weight excluding hydrogens is 266 g/mol. The Morgan fingerprint density at radius 1 is 1.05 bits per heavy atom. The zero-order valence-electron chi connectivity index (χ0n) is 15.2. The summed E-state index contributed by atoms with van der Waals surface area (Å²) in [5, 5.41) is 3.66. The lowest BCUT2D eigenvalue weighted by atomic mass is 9.81. The molecule has 1 fully saturated rings. The van der Waals surface area contributed by atoms with Gasteiger partial charge in [0.25, 0.3) is 0 Å². The van der Waals surface area contributed by atoms with Crippen molar-refractivity contribution >= 4 is 8.32 Å². The van der Waals surface area contributed by atoms with Crippen molar-refractivity contribution < 1.29 is 9.16 Å². The Bertz CT molecular complexity index is 256. The van der Waals surface area contributed by atoms with E-state index in [0.29, 0.717) is 6.10 Å². The van der Waals surface area contributed by atoms with Crippen LogP contribution in [0.1, 0.15) is 53.9 Å². The summed E-state index contributed by atoms with van der Waals surface area (Å²) in [7, 11) is 0.639. The summed E-state index contributed by atoms with van der Waals surface area (Å²) >= 11 is 0. The molecule has 1 heterocycles. The molecule has 1 aliphatic heterocycles. The molecule has 1 N–H and O–H groups in total. The Kier molecular flexibility index (Phi) is 7.96. The highest BCUT2D eigenvalue weighted by Crippen LogP contribution is 2.30. The second-order valence-corrected chi connectivity index (χ2v) is 12.7. The maximum Gasteiger partial charge on any atom is 0.183 e. The third-order valence-corrected chi connectivity index (χ3v) is 4.55. The van der Waals surface area contributed by atoms with Gasteiger partial charge in [0.05, 0.1) is 6.10 Å². The summed E-state index contributed by atoms with van der Waals surface area (Å²) < 4.78 is 10.9. The Morgan fingerprint density at radius 2 is 1.45 bits per heavy atom. The predicted octanol–water partition coefficient (Wildman–Crippen LogP) is 4.19. The lowest BCUT2D eigenvalue weighted by molar-refractivity contribution is -0.0213. The van der Waals surface area contributed by atoms with E-state index in [9.17, 15) is 0 Å².